The minimum atomic E-state index is -0.0724. The summed E-state index contributed by atoms with van der Waals surface area (Å²) >= 11 is 12.1. The molecule has 1 aliphatic rings. The maximum absolute atomic E-state index is 6.17. The molecule has 0 N–H and O–H groups in total. The van der Waals surface area contributed by atoms with E-state index in [1.807, 2.05) is 13.0 Å². The fourth-order valence-corrected chi connectivity index (χ4v) is 2.49. The van der Waals surface area contributed by atoms with Crippen LogP contribution in [-0.4, -0.2) is 5.71 Å². The van der Waals surface area contributed by atoms with Gasteiger partial charge in [-0.15, -0.1) is 0 Å². The number of fused-ring (bicyclic) bond motifs is 1. The van der Waals surface area contributed by atoms with Gasteiger partial charge in [0.25, 0.3) is 0 Å². The molecule has 14 heavy (non-hydrogen) atoms. The second-order valence-electron chi connectivity index (χ2n) is 4.10. The van der Waals surface area contributed by atoms with Crippen molar-refractivity contribution in [3.8, 4) is 0 Å². The first kappa shape index (κ1) is 10.0. The van der Waals surface area contributed by atoms with Gasteiger partial charge in [-0.05, 0) is 19.1 Å². The molecule has 3 heteroatoms. The van der Waals surface area contributed by atoms with Crippen molar-refractivity contribution >= 4 is 34.6 Å². The molecule has 0 saturated carbocycles. The highest BCUT2D eigenvalue weighted by Gasteiger charge is 2.34. The Balaban J connectivity index is 2.73. The Labute approximate surface area is 93.8 Å². The van der Waals surface area contributed by atoms with Crippen molar-refractivity contribution in [3.63, 3.8) is 0 Å². The molecule has 2 rings (SSSR count). The van der Waals surface area contributed by atoms with Gasteiger partial charge in [-0.25, -0.2) is 0 Å². The van der Waals surface area contributed by atoms with Crippen molar-refractivity contribution in [2.45, 2.75) is 26.2 Å². The fraction of sp³-hybridized carbons (Fsp3) is 0.364. The van der Waals surface area contributed by atoms with Crippen molar-refractivity contribution in [1.29, 1.82) is 0 Å². The van der Waals surface area contributed by atoms with Gasteiger partial charge in [-0.1, -0.05) is 37.0 Å². The molecular weight excluding hydrogens is 217 g/mol. The van der Waals surface area contributed by atoms with E-state index in [1.165, 1.54) is 0 Å². The van der Waals surface area contributed by atoms with Crippen molar-refractivity contribution in [3.05, 3.63) is 27.7 Å². The van der Waals surface area contributed by atoms with Crippen LogP contribution in [0.2, 0.25) is 10.0 Å². The second kappa shape index (κ2) is 2.98. The van der Waals surface area contributed by atoms with Crippen LogP contribution in [0.5, 0.6) is 0 Å². The van der Waals surface area contributed by atoms with Gasteiger partial charge in [0.1, 0.15) is 0 Å². The fourth-order valence-electron chi connectivity index (χ4n) is 1.77. The van der Waals surface area contributed by atoms with Gasteiger partial charge in [0.15, 0.2) is 0 Å². The third-order valence-corrected chi connectivity index (χ3v) is 3.37. The summed E-state index contributed by atoms with van der Waals surface area (Å²) in [5, 5.41) is 1.35. The first-order chi connectivity index (χ1) is 6.43. The summed E-state index contributed by atoms with van der Waals surface area (Å²) in [6.07, 6.45) is 0. The maximum atomic E-state index is 6.17. The molecule has 0 aliphatic carbocycles. The Bertz CT molecular complexity index is 433. The highest BCUT2D eigenvalue weighted by atomic mass is 35.5. The number of rotatable bonds is 0. The Morgan fingerprint density at radius 1 is 1.21 bits per heavy atom. The van der Waals surface area contributed by atoms with Crippen molar-refractivity contribution in [1.82, 2.24) is 0 Å². The summed E-state index contributed by atoms with van der Waals surface area (Å²) in [5.41, 5.74) is 3.00. The maximum Gasteiger partial charge on any atom is 0.0700 e. The molecule has 0 amide bonds. The van der Waals surface area contributed by atoms with E-state index in [1.54, 1.807) is 6.07 Å². The Hall–Kier alpha value is -0.530. The largest absolute Gasteiger partial charge is 0.257 e. The molecule has 1 aromatic rings. The minimum Gasteiger partial charge on any atom is -0.257 e. The van der Waals surface area contributed by atoms with E-state index in [0.29, 0.717) is 10.0 Å². The van der Waals surface area contributed by atoms with E-state index < -0.39 is 0 Å². The van der Waals surface area contributed by atoms with Gasteiger partial charge in [-0.2, -0.15) is 0 Å². The Morgan fingerprint density at radius 2 is 1.86 bits per heavy atom. The zero-order valence-electron chi connectivity index (χ0n) is 8.36. The van der Waals surface area contributed by atoms with Gasteiger partial charge in [0, 0.05) is 26.7 Å². The molecule has 1 nitrogen and oxygen atoms in total. The lowest BCUT2D eigenvalue weighted by atomic mass is 9.82. The number of hydrogen-bond donors (Lipinski definition) is 0. The normalized spacial score (nSPS) is 17.9. The highest BCUT2D eigenvalue weighted by molar-refractivity contribution is 6.36. The number of aliphatic imine (C=N–C) groups is 1. The molecule has 0 bridgehead atoms. The monoisotopic (exact) mass is 227 g/mol. The number of nitrogens with zero attached hydrogens (tertiary/aromatic N) is 1. The van der Waals surface area contributed by atoms with Gasteiger partial charge in [0.05, 0.1) is 5.69 Å². The number of benzene rings is 1. The zero-order valence-corrected chi connectivity index (χ0v) is 9.87. The van der Waals surface area contributed by atoms with Crippen LogP contribution in [0.4, 0.5) is 5.69 Å². The summed E-state index contributed by atoms with van der Waals surface area (Å²) in [5.74, 6) is 0. The molecule has 0 radical (unpaired) electrons. The van der Waals surface area contributed by atoms with E-state index in [9.17, 15) is 0 Å². The SMILES string of the molecule is CC1=Nc2cc(Cl)cc(Cl)c2C1(C)C. The summed E-state index contributed by atoms with van der Waals surface area (Å²) in [6.45, 7) is 6.26. The summed E-state index contributed by atoms with van der Waals surface area (Å²) in [6, 6.07) is 3.64. The van der Waals surface area contributed by atoms with E-state index >= 15 is 0 Å². The van der Waals surface area contributed by atoms with Gasteiger partial charge in [0.2, 0.25) is 0 Å². The van der Waals surface area contributed by atoms with Crippen LogP contribution in [0.15, 0.2) is 17.1 Å². The number of hydrogen-bond acceptors (Lipinski definition) is 1. The molecule has 74 valence electrons. The predicted octanol–water partition coefficient (Wildman–Crippen LogP) is 4.38. The van der Waals surface area contributed by atoms with Gasteiger partial charge in [-0.3, -0.25) is 4.99 Å². The van der Waals surface area contributed by atoms with Crippen LogP contribution in [0.25, 0.3) is 0 Å². The predicted molar refractivity (Wildman–Crippen MR) is 62.3 cm³/mol. The topological polar surface area (TPSA) is 12.4 Å². The van der Waals surface area contributed by atoms with Crippen molar-refractivity contribution < 1.29 is 0 Å². The summed E-state index contributed by atoms with van der Waals surface area (Å²) < 4.78 is 0. The molecule has 0 saturated heterocycles. The van der Waals surface area contributed by atoms with Crippen molar-refractivity contribution in [2.75, 3.05) is 0 Å². The molecular formula is C11H11Cl2N. The van der Waals surface area contributed by atoms with Gasteiger partial charge >= 0.3 is 0 Å². The second-order valence-corrected chi connectivity index (χ2v) is 4.95. The standard InChI is InChI=1S/C11H11Cl2N/c1-6-11(2,3)10-8(13)4-7(12)5-9(10)14-6/h4-5H,1-3H3. The average molecular weight is 228 g/mol. The van der Waals surface area contributed by atoms with E-state index in [-0.39, 0.29) is 5.41 Å². The lowest BCUT2D eigenvalue weighted by Gasteiger charge is -2.21. The summed E-state index contributed by atoms with van der Waals surface area (Å²) in [4.78, 5) is 4.47. The Kier molecular flexibility index (Phi) is 2.13. The zero-order chi connectivity index (χ0) is 10.5. The van der Waals surface area contributed by atoms with Crippen LogP contribution in [0.3, 0.4) is 0 Å². The molecule has 0 spiro atoms. The molecule has 0 fully saturated rings. The molecule has 0 aromatic heterocycles. The quantitative estimate of drug-likeness (QED) is 0.624. The molecule has 1 aromatic carbocycles. The first-order valence-corrected chi connectivity index (χ1v) is 5.24. The average Bonchev–Trinajstić information content (AvgIpc) is 2.21. The third kappa shape index (κ3) is 1.27. The number of halogens is 2. The van der Waals surface area contributed by atoms with E-state index in [0.717, 1.165) is 17.0 Å². The van der Waals surface area contributed by atoms with Gasteiger partial charge < -0.3 is 0 Å². The van der Waals surface area contributed by atoms with E-state index in [2.05, 4.69) is 18.8 Å². The van der Waals surface area contributed by atoms with Crippen LogP contribution in [0, 0.1) is 0 Å². The van der Waals surface area contributed by atoms with Crippen LogP contribution in [-0.2, 0) is 5.41 Å². The third-order valence-electron chi connectivity index (χ3n) is 2.85. The van der Waals surface area contributed by atoms with Crippen LogP contribution in [0.1, 0.15) is 26.3 Å². The molecule has 1 heterocycles. The highest BCUT2D eigenvalue weighted by Crippen LogP contribution is 2.45. The van der Waals surface area contributed by atoms with Crippen LogP contribution >= 0.6 is 23.2 Å². The minimum absolute atomic E-state index is 0.0724. The molecule has 1 aliphatic heterocycles. The van der Waals surface area contributed by atoms with Crippen LogP contribution < -0.4 is 0 Å². The lowest BCUT2D eigenvalue weighted by Crippen LogP contribution is -2.23. The van der Waals surface area contributed by atoms with Crippen molar-refractivity contribution in [2.24, 2.45) is 4.99 Å². The van der Waals surface area contributed by atoms with E-state index in [4.69, 9.17) is 23.2 Å². The first-order valence-electron chi connectivity index (χ1n) is 4.48. The summed E-state index contributed by atoms with van der Waals surface area (Å²) in [7, 11) is 0. The Morgan fingerprint density at radius 3 is 2.50 bits per heavy atom. The molecule has 0 unspecified atom stereocenters. The smallest absolute Gasteiger partial charge is 0.0700 e. The molecule has 0 atom stereocenters. The lowest BCUT2D eigenvalue weighted by molar-refractivity contribution is 0.733.